The highest BCUT2D eigenvalue weighted by Gasteiger charge is 2.22. The SMILES string of the molecule is C=CCc1ccccc1OCC(O)CSc1nnc(CN2CCCCCC2=O)n1-c1cccnc1. The summed E-state index contributed by atoms with van der Waals surface area (Å²) < 4.78 is 7.80. The Morgan fingerprint density at radius 2 is 2.06 bits per heavy atom. The van der Waals surface area contributed by atoms with E-state index in [-0.39, 0.29) is 12.5 Å². The fraction of sp³-hybridized carbons (Fsp3) is 0.385. The highest BCUT2D eigenvalue weighted by Crippen LogP contribution is 2.25. The highest BCUT2D eigenvalue weighted by molar-refractivity contribution is 7.99. The van der Waals surface area contributed by atoms with Crippen molar-refractivity contribution < 1.29 is 14.6 Å². The highest BCUT2D eigenvalue weighted by atomic mass is 32.2. The van der Waals surface area contributed by atoms with E-state index in [4.69, 9.17) is 4.74 Å². The van der Waals surface area contributed by atoms with Crippen molar-refractivity contribution in [2.24, 2.45) is 0 Å². The summed E-state index contributed by atoms with van der Waals surface area (Å²) in [4.78, 5) is 18.6. The summed E-state index contributed by atoms with van der Waals surface area (Å²) in [5.74, 6) is 1.96. The van der Waals surface area contributed by atoms with Gasteiger partial charge in [0.05, 0.1) is 24.5 Å². The minimum Gasteiger partial charge on any atom is -0.491 e. The van der Waals surface area contributed by atoms with Gasteiger partial charge in [-0.1, -0.05) is 42.5 Å². The monoisotopic (exact) mass is 493 g/mol. The van der Waals surface area contributed by atoms with Crippen molar-refractivity contribution in [3.8, 4) is 11.4 Å². The Morgan fingerprint density at radius 1 is 1.17 bits per heavy atom. The number of aliphatic hydroxyl groups excluding tert-OH is 1. The molecule has 0 saturated carbocycles. The van der Waals surface area contributed by atoms with Gasteiger partial charge in [-0.2, -0.15) is 0 Å². The molecule has 9 heteroatoms. The lowest BCUT2D eigenvalue weighted by molar-refractivity contribution is -0.131. The lowest BCUT2D eigenvalue weighted by Crippen LogP contribution is -2.31. The molecule has 1 aromatic carbocycles. The smallest absolute Gasteiger partial charge is 0.222 e. The van der Waals surface area contributed by atoms with Gasteiger partial charge in [0.15, 0.2) is 11.0 Å². The maximum absolute atomic E-state index is 12.5. The topological polar surface area (TPSA) is 93.4 Å². The first-order valence-electron chi connectivity index (χ1n) is 11.9. The molecule has 1 aliphatic heterocycles. The first-order valence-corrected chi connectivity index (χ1v) is 12.9. The number of rotatable bonds is 11. The molecule has 35 heavy (non-hydrogen) atoms. The molecule has 1 amide bonds. The Hall–Kier alpha value is -3.17. The lowest BCUT2D eigenvalue weighted by Gasteiger charge is -2.20. The Balaban J connectivity index is 1.44. The molecular weight excluding hydrogens is 462 g/mol. The minimum atomic E-state index is -0.702. The summed E-state index contributed by atoms with van der Waals surface area (Å²) in [6.45, 7) is 5.07. The van der Waals surface area contributed by atoms with Gasteiger partial charge in [0.25, 0.3) is 0 Å². The van der Waals surface area contributed by atoms with Crippen LogP contribution < -0.4 is 4.74 Å². The number of allylic oxidation sites excluding steroid dienone is 1. The van der Waals surface area contributed by atoms with E-state index in [1.165, 1.54) is 11.8 Å². The van der Waals surface area contributed by atoms with Crippen molar-refractivity contribution in [3.05, 3.63) is 72.8 Å². The molecule has 184 valence electrons. The Bertz CT molecular complexity index is 1120. The molecule has 1 N–H and O–H groups in total. The second kappa shape index (κ2) is 12.5. The van der Waals surface area contributed by atoms with Crippen LogP contribution in [0, 0.1) is 0 Å². The van der Waals surface area contributed by atoms with Crippen molar-refractivity contribution in [2.45, 2.75) is 49.9 Å². The second-order valence-corrected chi connectivity index (χ2v) is 9.43. The third-order valence-electron chi connectivity index (χ3n) is 5.78. The number of hydrogen-bond donors (Lipinski definition) is 1. The van der Waals surface area contributed by atoms with Crippen LogP contribution in [0.3, 0.4) is 0 Å². The zero-order valence-electron chi connectivity index (χ0n) is 19.8. The molecule has 1 aliphatic rings. The van der Waals surface area contributed by atoms with E-state index in [9.17, 15) is 9.90 Å². The van der Waals surface area contributed by atoms with Crippen molar-refractivity contribution in [3.63, 3.8) is 0 Å². The predicted molar refractivity (Wildman–Crippen MR) is 136 cm³/mol. The average Bonchev–Trinajstić information content (AvgIpc) is 3.17. The molecule has 0 spiro atoms. The maximum atomic E-state index is 12.5. The van der Waals surface area contributed by atoms with Crippen LogP contribution in [-0.2, 0) is 17.8 Å². The number of hydrogen-bond acceptors (Lipinski definition) is 7. The number of benzene rings is 1. The number of amides is 1. The Kier molecular flexibility index (Phi) is 8.91. The molecule has 4 rings (SSSR count). The van der Waals surface area contributed by atoms with Crippen LogP contribution in [-0.4, -0.2) is 60.7 Å². The quantitative estimate of drug-likeness (QED) is 0.321. The van der Waals surface area contributed by atoms with Crippen LogP contribution in [0.1, 0.15) is 37.1 Å². The normalized spacial score (nSPS) is 15.0. The summed E-state index contributed by atoms with van der Waals surface area (Å²) in [5.41, 5.74) is 1.85. The minimum absolute atomic E-state index is 0.154. The average molecular weight is 494 g/mol. The van der Waals surface area contributed by atoms with Gasteiger partial charge in [0.1, 0.15) is 12.4 Å². The van der Waals surface area contributed by atoms with E-state index in [2.05, 4.69) is 21.8 Å². The van der Waals surface area contributed by atoms with E-state index in [0.29, 0.717) is 36.1 Å². The van der Waals surface area contributed by atoms with Crippen molar-refractivity contribution >= 4 is 17.7 Å². The van der Waals surface area contributed by atoms with Crippen LogP contribution in [0.5, 0.6) is 5.75 Å². The van der Waals surface area contributed by atoms with Crippen molar-refractivity contribution in [2.75, 3.05) is 18.9 Å². The zero-order chi connectivity index (χ0) is 24.5. The zero-order valence-corrected chi connectivity index (χ0v) is 20.6. The largest absolute Gasteiger partial charge is 0.491 e. The number of likely N-dealkylation sites (tertiary alicyclic amines) is 1. The maximum Gasteiger partial charge on any atom is 0.222 e. The predicted octanol–water partition coefficient (Wildman–Crippen LogP) is 3.83. The molecule has 0 radical (unpaired) electrons. The summed E-state index contributed by atoms with van der Waals surface area (Å²) >= 11 is 1.40. The Labute approximate surface area is 210 Å². The molecular formula is C26H31N5O3S. The number of nitrogens with zero attached hydrogens (tertiary/aromatic N) is 5. The van der Waals surface area contributed by atoms with Gasteiger partial charge in [0, 0.05) is 24.9 Å². The van der Waals surface area contributed by atoms with Crippen molar-refractivity contribution in [1.82, 2.24) is 24.6 Å². The van der Waals surface area contributed by atoms with Gasteiger partial charge < -0.3 is 14.7 Å². The molecule has 0 aliphatic carbocycles. The van der Waals surface area contributed by atoms with E-state index >= 15 is 0 Å². The van der Waals surface area contributed by atoms with Crippen LogP contribution in [0.25, 0.3) is 5.69 Å². The molecule has 1 fully saturated rings. The molecule has 0 bridgehead atoms. The number of carbonyl (C=O) groups is 1. The molecule has 2 aromatic heterocycles. The van der Waals surface area contributed by atoms with Gasteiger partial charge >= 0.3 is 0 Å². The van der Waals surface area contributed by atoms with Crippen LogP contribution in [0.15, 0.2) is 66.6 Å². The van der Waals surface area contributed by atoms with Gasteiger partial charge in [-0.3, -0.25) is 14.3 Å². The summed E-state index contributed by atoms with van der Waals surface area (Å²) in [7, 11) is 0. The van der Waals surface area contributed by atoms with E-state index in [1.54, 1.807) is 12.4 Å². The number of ether oxygens (including phenoxy) is 1. The van der Waals surface area contributed by atoms with E-state index in [1.807, 2.05) is 51.9 Å². The number of thioether (sulfide) groups is 1. The van der Waals surface area contributed by atoms with E-state index < -0.39 is 6.10 Å². The van der Waals surface area contributed by atoms with E-state index in [0.717, 1.165) is 42.8 Å². The molecule has 3 aromatic rings. The summed E-state index contributed by atoms with van der Waals surface area (Å²) in [6, 6.07) is 11.5. The lowest BCUT2D eigenvalue weighted by atomic mass is 10.1. The number of aromatic nitrogens is 4. The molecule has 1 saturated heterocycles. The standard InChI is InChI=1S/C26H31N5O3S/c1-2-9-20-10-5-6-12-23(20)34-18-22(32)19-35-26-29-28-24(31(26)21-11-8-14-27-16-21)17-30-15-7-3-4-13-25(30)33/h2,5-6,8,10-12,14,16,22,32H,1,3-4,7,9,13,15,17-19H2. The second-order valence-electron chi connectivity index (χ2n) is 8.45. The number of carbonyl (C=O) groups excluding carboxylic acids is 1. The van der Waals surface area contributed by atoms with Crippen molar-refractivity contribution in [1.29, 1.82) is 0 Å². The number of para-hydroxylation sites is 1. The third-order valence-corrected chi connectivity index (χ3v) is 6.85. The van der Waals surface area contributed by atoms with Crippen LogP contribution >= 0.6 is 11.8 Å². The van der Waals surface area contributed by atoms with Gasteiger partial charge in [-0.15, -0.1) is 16.8 Å². The van der Waals surface area contributed by atoms with Crippen LogP contribution in [0.2, 0.25) is 0 Å². The van der Waals surface area contributed by atoms with Gasteiger partial charge in [-0.25, -0.2) is 0 Å². The summed E-state index contributed by atoms with van der Waals surface area (Å²) in [5, 5.41) is 20.0. The molecule has 1 unspecified atom stereocenters. The third kappa shape index (κ3) is 6.70. The molecule has 3 heterocycles. The van der Waals surface area contributed by atoms with Crippen LogP contribution in [0.4, 0.5) is 0 Å². The Morgan fingerprint density at radius 3 is 2.89 bits per heavy atom. The first kappa shape index (κ1) is 24.9. The fourth-order valence-electron chi connectivity index (χ4n) is 3.99. The molecule has 1 atom stereocenters. The number of pyridine rings is 1. The van der Waals surface area contributed by atoms with Gasteiger partial charge in [0.2, 0.25) is 5.91 Å². The number of aliphatic hydroxyl groups is 1. The fourth-order valence-corrected chi connectivity index (χ4v) is 4.87. The van der Waals surface area contributed by atoms with Gasteiger partial charge in [-0.05, 0) is 43.0 Å². The summed E-state index contributed by atoms with van der Waals surface area (Å²) in [6.07, 6.45) is 8.86. The molecule has 8 nitrogen and oxygen atoms in total. The first-order chi connectivity index (χ1) is 17.2.